The van der Waals surface area contributed by atoms with Crippen molar-refractivity contribution in [3.05, 3.63) is 75.8 Å². The molecule has 0 bridgehead atoms. The van der Waals surface area contributed by atoms with Crippen LogP contribution in [0.1, 0.15) is 26.7 Å². The molecule has 0 radical (unpaired) electrons. The van der Waals surface area contributed by atoms with E-state index < -0.39 is 6.09 Å². The molecular formula is C21H19ClN4O3S. The number of nitrogens with zero attached hydrogens (tertiary/aromatic N) is 1. The average molecular weight is 443 g/mol. The predicted molar refractivity (Wildman–Crippen MR) is 117 cm³/mol. The fourth-order valence-corrected chi connectivity index (χ4v) is 4.01. The number of rotatable bonds is 6. The van der Waals surface area contributed by atoms with Gasteiger partial charge in [-0.2, -0.15) is 0 Å². The lowest BCUT2D eigenvalue weighted by molar-refractivity contribution is 0.102. The van der Waals surface area contributed by atoms with Gasteiger partial charge in [-0.05, 0) is 23.8 Å². The summed E-state index contributed by atoms with van der Waals surface area (Å²) in [5.74, 6) is 0.0999. The zero-order valence-corrected chi connectivity index (χ0v) is 17.4. The number of anilines is 2. The van der Waals surface area contributed by atoms with Crippen molar-refractivity contribution in [3.8, 4) is 0 Å². The van der Waals surface area contributed by atoms with Crippen molar-refractivity contribution in [1.82, 2.24) is 10.3 Å². The van der Waals surface area contributed by atoms with Crippen LogP contribution in [0, 0.1) is 0 Å². The minimum Gasteiger partial charge on any atom is -0.444 e. The first-order valence-electron chi connectivity index (χ1n) is 9.33. The second kappa shape index (κ2) is 9.25. The Morgan fingerprint density at radius 3 is 2.70 bits per heavy atom. The second-order valence-electron chi connectivity index (χ2n) is 6.79. The van der Waals surface area contributed by atoms with Gasteiger partial charge in [0.25, 0.3) is 5.91 Å². The van der Waals surface area contributed by atoms with E-state index >= 15 is 0 Å². The number of thiazole rings is 1. The minimum atomic E-state index is -0.633. The standard InChI is InChI=1S/C21H19ClN4O3S/c22-16-6-14(19(27)26-20-24-11-18(30-20)15-9-23-10-15)7-17(8-16)25-21(28)29-12-13-4-2-1-3-5-13/h1-8,11,15,23H,9-10,12H2,(H,25,28)(H,24,26,27). The van der Waals surface area contributed by atoms with Gasteiger partial charge in [0.1, 0.15) is 6.61 Å². The van der Waals surface area contributed by atoms with Crippen molar-refractivity contribution in [2.75, 3.05) is 23.7 Å². The van der Waals surface area contributed by atoms with Gasteiger partial charge < -0.3 is 10.1 Å². The van der Waals surface area contributed by atoms with E-state index in [2.05, 4.69) is 20.9 Å². The highest BCUT2D eigenvalue weighted by Gasteiger charge is 2.22. The summed E-state index contributed by atoms with van der Waals surface area (Å²) in [5, 5.41) is 9.44. The molecule has 1 aliphatic rings. The molecule has 2 heterocycles. The quantitative estimate of drug-likeness (QED) is 0.523. The van der Waals surface area contributed by atoms with Crippen molar-refractivity contribution in [2.45, 2.75) is 12.5 Å². The highest BCUT2D eigenvalue weighted by atomic mass is 35.5. The molecule has 1 fully saturated rings. The van der Waals surface area contributed by atoms with E-state index in [-0.39, 0.29) is 12.5 Å². The number of carbonyl (C=O) groups is 2. The first-order chi connectivity index (χ1) is 14.6. The van der Waals surface area contributed by atoms with Crippen LogP contribution in [0.2, 0.25) is 5.02 Å². The average Bonchev–Trinajstić information content (AvgIpc) is 3.13. The molecule has 30 heavy (non-hydrogen) atoms. The Morgan fingerprint density at radius 2 is 1.97 bits per heavy atom. The van der Waals surface area contributed by atoms with Crippen molar-refractivity contribution in [3.63, 3.8) is 0 Å². The first kappa shape index (κ1) is 20.3. The molecule has 0 atom stereocenters. The molecule has 0 saturated carbocycles. The molecule has 0 aliphatic carbocycles. The van der Waals surface area contributed by atoms with Gasteiger partial charge >= 0.3 is 6.09 Å². The monoisotopic (exact) mass is 442 g/mol. The summed E-state index contributed by atoms with van der Waals surface area (Å²) in [6.07, 6.45) is 1.16. The van der Waals surface area contributed by atoms with Gasteiger partial charge in [0, 0.05) is 46.4 Å². The van der Waals surface area contributed by atoms with Crippen LogP contribution in [0.15, 0.2) is 54.7 Å². The number of hydrogen-bond acceptors (Lipinski definition) is 6. The van der Waals surface area contributed by atoms with Crippen LogP contribution in [0.4, 0.5) is 15.6 Å². The van der Waals surface area contributed by atoms with Crippen LogP contribution in [-0.2, 0) is 11.3 Å². The molecule has 9 heteroatoms. The second-order valence-corrected chi connectivity index (χ2v) is 8.29. The van der Waals surface area contributed by atoms with Gasteiger partial charge in [0.05, 0.1) is 0 Å². The van der Waals surface area contributed by atoms with Crippen LogP contribution in [0.25, 0.3) is 0 Å². The maximum atomic E-state index is 12.6. The van der Waals surface area contributed by atoms with Gasteiger partial charge in [-0.3, -0.25) is 15.4 Å². The van der Waals surface area contributed by atoms with Crippen LogP contribution in [-0.4, -0.2) is 30.1 Å². The van der Waals surface area contributed by atoms with E-state index in [0.717, 1.165) is 23.5 Å². The van der Waals surface area contributed by atoms with Crippen molar-refractivity contribution in [2.24, 2.45) is 0 Å². The Kier molecular flexibility index (Phi) is 6.27. The van der Waals surface area contributed by atoms with Crippen molar-refractivity contribution >= 4 is 45.8 Å². The fraction of sp³-hybridized carbons (Fsp3) is 0.190. The van der Waals surface area contributed by atoms with Gasteiger partial charge in [-0.25, -0.2) is 9.78 Å². The zero-order chi connectivity index (χ0) is 20.9. The molecule has 0 unspecified atom stereocenters. The number of carbonyl (C=O) groups excluding carboxylic acids is 2. The summed E-state index contributed by atoms with van der Waals surface area (Å²) in [6, 6.07) is 14.0. The summed E-state index contributed by atoms with van der Waals surface area (Å²) >= 11 is 7.59. The van der Waals surface area contributed by atoms with Gasteiger partial charge in [0.2, 0.25) is 0 Å². The highest BCUT2D eigenvalue weighted by molar-refractivity contribution is 7.15. The third kappa shape index (κ3) is 5.15. The SMILES string of the molecule is O=C(Nc1cc(Cl)cc(C(=O)Nc2ncc(C3CNC3)s2)c1)OCc1ccccc1. The Morgan fingerprint density at radius 1 is 1.17 bits per heavy atom. The third-order valence-corrected chi connectivity index (χ3v) is 5.84. The number of ether oxygens (including phenoxy) is 1. The maximum Gasteiger partial charge on any atom is 0.411 e. The Hall–Kier alpha value is -2.94. The van der Waals surface area contributed by atoms with Crippen LogP contribution < -0.4 is 16.0 Å². The van der Waals surface area contributed by atoms with Gasteiger partial charge in [-0.15, -0.1) is 11.3 Å². The molecule has 7 nitrogen and oxygen atoms in total. The van der Waals surface area contributed by atoms with E-state index in [9.17, 15) is 9.59 Å². The molecule has 3 aromatic rings. The lowest BCUT2D eigenvalue weighted by Crippen LogP contribution is -2.39. The molecule has 4 rings (SSSR count). The Labute approximate surface area is 182 Å². The lowest BCUT2D eigenvalue weighted by atomic mass is 10.0. The number of hydrogen-bond donors (Lipinski definition) is 3. The molecule has 1 saturated heterocycles. The smallest absolute Gasteiger partial charge is 0.411 e. The Bertz CT molecular complexity index is 1050. The number of halogens is 1. The highest BCUT2D eigenvalue weighted by Crippen LogP contribution is 2.29. The number of aromatic nitrogens is 1. The lowest BCUT2D eigenvalue weighted by Gasteiger charge is -2.25. The summed E-state index contributed by atoms with van der Waals surface area (Å²) in [4.78, 5) is 30.1. The molecule has 1 aromatic heterocycles. The summed E-state index contributed by atoms with van der Waals surface area (Å²) in [6.45, 7) is 2.00. The maximum absolute atomic E-state index is 12.6. The van der Waals surface area contributed by atoms with E-state index in [1.54, 1.807) is 12.3 Å². The van der Waals surface area contributed by atoms with Crippen LogP contribution >= 0.6 is 22.9 Å². The first-order valence-corrected chi connectivity index (χ1v) is 10.5. The van der Waals surface area contributed by atoms with Crippen molar-refractivity contribution in [1.29, 1.82) is 0 Å². The predicted octanol–water partition coefficient (Wildman–Crippen LogP) is 4.48. The Balaban J connectivity index is 1.37. The van der Waals surface area contributed by atoms with E-state index in [0.29, 0.717) is 27.3 Å². The molecule has 3 N–H and O–H groups in total. The topological polar surface area (TPSA) is 92.4 Å². The molecule has 1 aliphatic heterocycles. The molecule has 0 spiro atoms. The number of nitrogens with one attached hydrogen (secondary N) is 3. The van der Waals surface area contributed by atoms with Crippen molar-refractivity contribution < 1.29 is 14.3 Å². The normalized spacial score (nSPS) is 13.4. The number of amides is 2. The molecule has 2 aromatic carbocycles. The van der Waals surface area contributed by atoms with Crippen LogP contribution in [0.5, 0.6) is 0 Å². The summed E-state index contributed by atoms with van der Waals surface area (Å²) in [7, 11) is 0. The largest absolute Gasteiger partial charge is 0.444 e. The minimum absolute atomic E-state index is 0.142. The molecule has 154 valence electrons. The summed E-state index contributed by atoms with van der Waals surface area (Å²) < 4.78 is 5.20. The van der Waals surface area contributed by atoms with Gasteiger partial charge in [-0.1, -0.05) is 41.9 Å². The summed E-state index contributed by atoms with van der Waals surface area (Å²) in [5.41, 5.74) is 1.55. The van der Waals surface area contributed by atoms with Gasteiger partial charge in [0.15, 0.2) is 5.13 Å². The molecular weight excluding hydrogens is 424 g/mol. The van der Waals surface area contributed by atoms with E-state index in [1.807, 2.05) is 30.3 Å². The fourth-order valence-electron chi connectivity index (χ4n) is 2.86. The number of benzene rings is 2. The molecule has 2 amide bonds. The van der Waals surface area contributed by atoms with E-state index in [1.165, 1.54) is 23.5 Å². The third-order valence-electron chi connectivity index (χ3n) is 4.55. The van der Waals surface area contributed by atoms with Crippen LogP contribution in [0.3, 0.4) is 0 Å². The van der Waals surface area contributed by atoms with E-state index in [4.69, 9.17) is 16.3 Å². The zero-order valence-electron chi connectivity index (χ0n) is 15.9.